The highest BCUT2D eigenvalue weighted by Crippen LogP contribution is 2.22. The topological polar surface area (TPSA) is 64.9 Å². The highest BCUT2D eigenvalue weighted by molar-refractivity contribution is 5.92. The van der Waals surface area contributed by atoms with E-state index in [0.29, 0.717) is 11.3 Å². The molecule has 3 rings (SSSR count). The molecule has 0 saturated heterocycles. The molecule has 0 aliphatic carbocycles. The lowest BCUT2D eigenvalue weighted by molar-refractivity contribution is -0.115. The quantitative estimate of drug-likeness (QED) is 0.697. The van der Waals surface area contributed by atoms with Crippen LogP contribution in [0.4, 0.5) is 5.69 Å². The maximum atomic E-state index is 12.3. The first-order chi connectivity index (χ1) is 13.2. The molecule has 134 valence electrons. The van der Waals surface area contributed by atoms with Gasteiger partial charge in [-0.3, -0.25) is 10.1 Å². The van der Waals surface area contributed by atoms with Gasteiger partial charge in [0.25, 0.3) is 0 Å². The molecule has 3 aromatic rings. The van der Waals surface area contributed by atoms with E-state index in [1.165, 1.54) is 5.56 Å². The van der Waals surface area contributed by atoms with Crippen LogP contribution in [0, 0.1) is 18.3 Å². The Kier molecular flexibility index (Phi) is 5.98. The molecule has 0 heterocycles. The number of hydrogen-bond donors (Lipinski definition) is 2. The molecule has 4 heteroatoms. The Morgan fingerprint density at radius 3 is 2.19 bits per heavy atom. The summed E-state index contributed by atoms with van der Waals surface area (Å²) < 4.78 is 0. The molecule has 0 spiro atoms. The van der Waals surface area contributed by atoms with E-state index in [0.717, 1.165) is 11.1 Å². The number of amides is 1. The maximum Gasteiger partial charge on any atom is 0.238 e. The van der Waals surface area contributed by atoms with Gasteiger partial charge in [0.1, 0.15) is 0 Å². The molecule has 1 amide bonds. The second kappa shape index (κ2) is 8.79. The Bertz CT molecular complexity index is 926. The summed E-state index contributed by atoms with van der Waals surface area (Å²) in [7, 11) is 0. The molecule has 3 aromatic carbocycles. The first-order valence-corrected chi connectivity index (χ1v) is 8.80. The highest BCUT2D eigenvalue weighted by Gasteiger charge is 2.15. The zero-order valence-corrected chi connectivity index (χ0v) is 15.1. The molecule has 0 bridgehead atoms. The highest BCUT2D eigenvalue weighted by atomic mass is 16.1. The van der Waals surface area contributed by atoms with Crippen molar-refractivity contribution in [3.63, 3.8) is 0 Å². The third-order valence-corrected chi connectivity index (χ3v) is 4.31. The summed E-state index contributed by atoms with van der Waals surface area (Å²) in [5, 5.41) is 15.0. The van der Waals surface area contributed by atoms with E-state index < -0.39 is 0 Å². The van der Waals surface area contributed by atoms with E-state index in [4.69, 9.17) is 5.26 Å². The predicted octanol–water partition coefficient (Wildman–Crippen LogP) is 4.18. The van der Waals surface area contributed by atoms with E-state index in [9.17, 15) is 4.79 Å². The van der Waals surface area contributed by atoms with Crippen LogP contribution in [0.1, 0.15) is 28.3 Å². The van der Waals surface area contributed by atoms with Crippen LogP contribution in [0.3, 0.4) is 0 Å². The van der Waals surface area contributed by atoms with Crippen LogP contribution < -0.4 is 10.6 Å². The molecule has 0 aliphatic rings. The minimum atomic E-state index is -0.132. The van der Waals surface area contributed by atoms with Crippen molar-refractivity contribution in [1.82, 2.24) is 5.32 Å². The van der Waals surface area contributed by atoms with Crippen molar-refractivity contribution in [3.8, 4) is 6.07 Å². The number of benzene rings is 3. The molecule has 4 nitrogen and oxygen atoms in total. The molecule has 0 aromatic heterocycles. The molecule has 0 saturated carbocycles. The lowest BCUT2D eigenvalue weighted by Gasteiger charge is -2.20. The number of anilines is 1. The van der Waals surface area contributed by atoms with E-state index in [2.05, 4.69) is 60.0 Å². The normalized spacial score (nSPS) is 11.4. The maximum absolute atomic E-state index is 12.3. The Balaban J connectivity index is 1.69. The van der Waals surface area contributed by atoms with Crippen LogP contribution in [0.5, 0.6) is 0 Å². The van der Waals surface area contributed by atoms with E-state index >= 15 is 0 Å². The summed E-state index contributed by atoms with van der Waals surface area (Å²) in [6.07, 6.45) is 0. The molecule has 0 aliphatic heterocycles. The van der Waals surface area contributed by atoms with E-state index in [1.54, 1.807) is 24.3 Å². The van der Waals surface area contributed by atoms with Crippen molar-refractivity contribution >= 4 is 11.6 Å². The van der Waals surface area contributed by atoms with Gasteiger partial charge in [-0.1, -0.05) is 60.2 Å². The van der Waals surface area contributed by atoms with Crippen molar-refractivity contribution in [3.05, 3.63) is 101 Å². The summed E-state index contributed by atoms with van der Waals surface area (Å²) in [5.74, 6) is -0.132. The van der Waals surface area contributed by atoms with Gasteiger partial charge < -0.3 is 5.32 Å². The molecule has 2 N–H and O–H groups in total. The Labute approximate surface area is 159 Å². The number of aryl methyl sites for hydroxylation is 1. The molecule has 0 unspecified atom stereocenters. The third-order valence-electron chi connectivity index (χ3n) is 4.31. The first kappa shape index (κ1) is 18.4. The Morgan fingerprint density at radius 2 is 1.56 bits per heavy atom. The zero-order chi connectivity index (χ0) is 19.1. The van der Waals surface area contributed by atoms with Crippen LogP contribution in [0.2, 0.25) is 0 Å². The van der Waals surface area contributed by atoms with Gasteiger partial charge in [-0.05, 0) is 42.3 Å². The SMILES string of the molecule is Cc1ccc([C@H](NCC(=O)Nc2ccc(C#N)cc2)c2ccccc2)cc1. The van der Waals surface area contributed by atoms with Crippen LogP contribution in [0.15, 0.2) is 78.9 Å². The average molecular weight is 355 g/mol. The number of nitriles is 1. The van der Waals surface area contributed by atoms with Gasteiger partial charge in [0, 0.05) is 5.69 Å². The summed E-state index contributed by atoms with van der Waals surface area (Å²) >= 11 is 0. The molecule has 0 radical (unpaired) electrons. The molecule has 27 heavy (non-hydrogen) atoms. The number of hydrogen-bond acceptors (Lipinski definition) is 3. The summed E-state index contributed by atoms with van der Waals surface area (Å²) in [5.41, 5.74) is 4.65. The fourth-order valence-electron chi connectivity index (χ4n) is 2.86. The number of carbonyl (C=O) groups is 1. The van der Waals surface area contributed by atoms with Crippen molar-refractivity contribution in [2.24, 2.45) is 0 Å². The third kappa shape index (κ3) is 5.04. The van der Waals surface area contributed by atoms with Crippen LogP contribution in [0.25, 0.3) is 0 Å². The van der Waals surface area contributed by atoms with Crippen molar-refractivity contribution in [2.75, 3.05) is 11.9 Å². The lowest BCUT2D eigenvalue weighted by Crippen LogP contribution is -2.31. The van der Waals surface area contributed by atoms with E-state index in [1.807, 2.05) is 18.2 Å². The van der Waals surface area contributed by atoms with Gasteiger partial charge >= 0.3 is 0 Å². The van der Waals surface area contributed by atoms with Crippen molar-refractivity contribution in [2.45, 2.75) is 13.0 Å². The standard InChI is InChI=1S/C23H21N3O/c1-17-7-11-20(12-8-17)23(19-5-3-2-4-6-19)25-16-22(27)26-21-13-9-18(15-24)10-14-21/h2-14,23,25H,16H2,1H3,(H,26,27)/t23-/m1/s1. The Hall–Kier alpha value is -3.42. The van der Waals surface area contributed by atoms with Gasteiger partial charge in [-0.15, -0.1) is 0 Å². The van der Waals surface area contributed by atoms with Gasteiger partial charge in [-0.2, -0.15) is 5.26 Å². The van der Waals surface area contributed by atoms with E-state index in [-0.39, 0.29) is 18.5 Å². The first-order valence-electron chi connectivity index (χ1n) is 8.80. The van der Waals surface area contributed by atoms with Crippen LogP contribution in [-0.4, -0.2) is 12.5 Å². The average Bonchev–Trinajstić information content (AvgIpc) is 2.71. The van der Waals surface area contributed by atoms with Crippen LogP contribution in [-0.2, 0) is 4.79 Å². The van der Waals surface area contributed by atoms with Crippen LogP contribution >= 0.6 is 0 Å². The molecule has 0 fully saturated rings. The fraction of sp³-hybridized carbons (Fsp3) is 0.130. The number of nitrogens with zero attached hydrogens (tertiary/aromatic N) is 1. The van der Waals surface area contributed by atoms with Gasteiger partial charge in [0.15, 0.2) is 0 Å². The zero-order valence-electron chi connectivity index (χ0n) is 15.1. The molecule has 1 atom stereocenters. The van der Waals surface area contributed by atoms with Crippen molar-refractivity contribution in [1.29, 1.82) is 5.26 Å². The predicted molar refractivity (Wildman–Crippen MR) is 107 cm³/mol. The molecular weight excluding hydrogens is 334 g/mol. The fourth-order valence-corrected chi connectivity index (χ4v) is 2.86. The van der Waals surface area contributed by atoms with Gasteiger partial charge in [0.2, 0.25) is 5.91 Å². The lowest BCUT2D eigenvalue weighted by atomic mass is 9.98. The smallest absolute Gasteiger partial charge is 0.238 e. The summed E-state index contributed by atoms with van der Waals surface area (Å²) in [6, 6.07) is 27.2. The van der Waals surface area contributed by atoms with Crippen molar-refractivity contribution < 1.29 is 4.79 Å². The number of carbonyl (C=O) groups excluding carboxylic acids is 1. The number of rotatable bonds is 6. The minimum Gasteiger partial charge on any atom is -0.325 e. The summed E-state index contributed by atoms with van der Waals surface area (Å²) in [6.45, 7) is 2.23. The summed E-state index contributed by atoms with van der Waals surface area (Å²) in [4.78, 5) is 12.3. The van der Waals surface area contributed by atoms with Gasteiger partial charge in [-0.25, -0.2) is 0 Å². The number of nitrogens with one attached hydrogen (secondary N) is 2. The Morgan fingerprint density at radius 1 is 0.926 bits per heavy atom. The second-order valence-corrected chi connectivity index (χ2v) is 6.37. The molecular formula is C23H21N3O. The largest absolute Gasteiger partial charge is 0.325 e. The second-order valence-electron chi connectivity index (χ2n) is 6.37. The monoisotopic (exact) mass is 355 g/mol. The minimum absolute atomic E-state index is 0.0708. The van der Waals surface area contributed by atoms with Gasteiger partial charge in [0.05, 0.1) is 24.2 Å².